The van der Waals surface area contributed by atoms with Crippen LogP contribution in [0.3, 0.4) is 0 Å². The first-order valence-corrected chi connectivity index (χ1v) is 16.3. The van der Waals surface area contributed by atoms with Gasteiger partial charge in [0, 0.05) is 12.3 Å². The second-order valence-corrected chi connectivity index (χ2v) is 13.4. The van der Waals surface area contributed by atoms with Crippen molar-refractivity contribution in [2.45, 2.75) is 88.3 Å². The molecule has 0 saturated heterocycles. The van der Waals surface area contributed by atoms with E-state index >= 15 is 0 Å². The zero-order chi connectivity index (χ0) is 32.7. The molecule has 246 valence electrons. The van der Waals surface area contributed by atoms with Gasteiger partial charge in [0.25, 0.3) is 0 Å². The molecule has 5 rings (SSSR count). The highest BCUT2D eigenvalue weighted by atomic mass is 16.6. The molecule has 10 nitrogen and oxygen atoms in total. The van der Waals surface area contributed by atoms with Crippen LogP contribution in [0.15, 0.2) is 60.7 Å². The molecule has 4 N–H and O–H groups in total. The fourth-order valence-electron chi connectivity index (χ4n) is 6.72. The topological polar surface area (TPSA) is 143 Å². The molecule has 0 spiro atoms. The monoisotopic (exact) mass is 631 g/mol. The summed E-state index contributed by atoms with van der Waals surface area (Å²) in [5, 5.41) is 18.5. The second kappa shape index (κ2) is 14.5. The second-order valence-electron chi connectivity index (χ2n) is 13.4. The lowest BCUT2D eigenvalue weighted by Crippen LogP contribution is -2.52. The summed E-state index contributed by atoms with van der Waals surface area (Å²) in [4.78, 5) is 52.4. The third kappa shape index (κ3) is 7.96. The Morgan fingerprint density at radius 1 is 1.00 bits per heavy atom. The number of aliphatic hydroxyl groups is 1. The minimum Gasteiger partial charge on any atom is -0.462 e. The van der Waals surface area contributed by atoms with E-state index in [1.807, 2.05) is 48.6 Å². The van der Waals surface area contributed by atoms with Crippen molar-refractivity contribution >= 4 is 23.9 Å². The zero-order valence-corrected chi connectivity index (χ0v) is 26.7. The lowest BCUT2D eigenvalue weighted by atomic mass is 9.94. The summed E-state index contributed by atoms with van der Waals surface area (Å²) in [7, 11) is 0. The van der Waals surface area contributed by atoms with Crippen molar-refractivity contribution in [3.05, 3.63) is 71.8 Å². The zero-order valence-electron chi connectivity index (χ0n) is 26.7. The van der Waals surface area contributed by atoms with Gasteiger partial charge < -0.3 is 30.5 Å². The number of hydrogen-bond donors (Lipinski definition) is 4. The van der Waals surface area contributed by atoms with Crippen LogP contribution in [0, 0.1) is 5.92 Å². The molecular weight excluding hydrogens is 586 g/mol. The third-order valence-electron chi connectivity index (χ3n) is 9.24. The summed E-state index contributed by atoms with van der Waals surface area (Å²) in [5.74, 6) is -1.97. The molecule has 2 unspecified atom stereocenters. The number of rotatable bonds is 7. The molecule has 0 bridgehead atoms. The lowest BCUT2D eigenvalue weighted by molar-refractivity contribution is -0.149. The van der Waals surface area contributed by atoms with Crippen LogP contribution in [0.25, 0.3) is 11.1 Å². The quantitative estimate of drug-likeness (QED) is 0.260. The Morgan fingerprint density at radius 3 is 2.30 bits per heavy atom. The number of aliphatic hydroxyl groups excluding tert-OH is 1. The molecule has 3 amide bonds. The molecule has 2 atom stereocenters. The molecule has 2 aliphatic carbocycles. The van der Waals surface area contributed by atoms with Crippen LogP contribution in [-0.4, -0.2) is 65.9 Å². The minimum atomic E-state index is -0.949. The summed E-state index contributed by atoms with van der Waals surface area (Å²) in [6, 6.07) is 15.2. The van der Waals surface area contributed by atoms with Crippen molar-refractivity contribution in [3.63, 3.8) is 0 Å². The van der Waals surface area contributed by atoms with E-state index in [2.05, 4.69) is 28.1 Å². The van der Waals surface area contributed by atoms with Crippen LogP contribution in [0.4, 0.5) is 4.79 Å². The number of carbonyl (C=O) groups excluding carboxylic acids is 4. The highest BCUT2D eigenvalue weighted by Gasteiger charge is 2.36. The van der Waals surface area contributed by atoms with E-state index < -0.39 is 35.1 Å². The first kappa shape index (κ1) is 33.2. The summed E-state index contributed by atoms with van der Waals surface area (Å²) >= 11 is 0. The van der Waals surface area contributed by atoms with Crippen molar-refractivity contribution in [2.75, 3.05) is 19.8 Å². The Morgan fingerprint density at radius 2 is 1.65 bits per heavy atom. The standard InChI is InChI=1S/C36H45N3O7/c1-35(2)23-46-33(43)30(37-34(44)45-21-29-27-15-8-6-13-25(27)26-14-7-9-16-28(26)29)17-5-3-4-12-24(32(42)39-35)20-31(41)38-36(22-40)18-10-11-19-36/h3-4,6-9,13-16,24,29-30,40H,5,10-12,17-23H2,1-2H3,(H,37,44)(H,38,41)(H,39,42). The van der Waals surface area contributed by atoms with Gasteiger partial charge in [-0.05, 0) is 68.2 Å². The van der Waals surface area contributed by atoms with E-state index in [4.69, 9.17) is 9.47 Å². The average molecular weight is 632 g/mol. The Labute approximate surface area is 270 Å². The van der Waals surface area contributed by atoms with Gasteiger partial charge in [-0.1, -0.05) is 73.5 Å². The smallest absolute Gasteiger partial charge is 0.407 e. The number of cyclic esters (lactones) is 1. The highest BCUT2D eigenvalue weighted by Crippen LogP contribution is 2.44. The van der Waals surface area contributed by atoms with Crippen LogP contribution in [0.2, 0.25) is 0 Å². The van der Waals surface area contributed by atoms with Crippen molar-refractivity contribution in [1.82, 2.24) is 16.0 Å². The molecule has 46 heavy (non-hydrogen) atoms. The molecule has 0 aromatic heterocycles. The number of allylic oxidation sites excluding steroid dienone is 2. The first-order chi connectivity index (χ1) is 22.1. The van der Waals surface area contributed by atoms with Gasteiger partial charge in [0.05, 0.1) is 23.6 Å². The highest BCUT2D eigenvalue weighted by molar-refractivity contribution is 5.87. The Balaban J connectivity index is 1.20. The predicted molar refractivity (Wildman–Crippen MR) is 173 cm³/mol. The van der Waals surface area contributed by atoms with Gasteiger partial charge in [-0.15, -0.1) is 0 Å². The number of carbonyl (C=O) groups is 4. The fourth-order valence-corrected chi connectivity index (χ4v) is 6.72. The Kier molecular flexibility index (Phi) is 10.5. The average Bonchev–Trinajstić information content (AvgIpc) is 3.63. The number of nitrogens with one attached hydrogen (secondary N) is 3. The maximum absolute atomic E-state index is 13.3. The van der Waals surface area contributed by atoms with Gasteiger partial charge in [0.1, 0.15) is 19.3 Å². The number of esters is 1. The van der Waals surface area contributed by atoms with Gasteiger partial charge in [0.2, 0.25) is 11.8 Å². The molecule has 0 radical (unpaired) electrons. The van der Waals surface area contributed by atoms with E-state index in [1.165, 1.54) is 0 Å². The molecular formula is C36H45N3O7. The van der Waals surface area contributed by atoms with Crippen molar-refractivity contribution in [3.8, 4) is 11.1 Å². The largest absolute Gasteiger partial charge is 0.462 e. The Hall–Kier alpha value is -4.18. The van der Waals surface area contributed by atoms with Gasteiger partial charge in [-0.3, -0.25) is 9.59 Å². The van der Waals surface area contributed by atoms with Crippen LogP contribution in [-0.2, 0) is 23.9 Å². The number of amides is 3. The number of benzene rings is 2. The van der Waals surface area contributed by atoms with Gasteiger partial charge in [0.15, 0.2) is 0 Å². The maximum Gasteiger partial charge on any atom is 0.407 e. The van der Waals surface area contributed by atoms with Gasteiger partial charge in [-0.25, -0.2) is 9.59 Å². The van der Waals surface area contributed by atoms with Crippen molar-refractivity contribution in [1.29, 1.82) is 0 Å². The molecule has 1 heterocycles. The van der Waals surface area contributed by atoms with Crippen LogP contribution < -0.4 is 16.0 Å². The van der Waals surface area contributed by atoms with E-state index in [0.717, 1.165) is 47.9 Å². The molecule has 2 aromatic carbocycles. The number of ether oxygens (including phenoxy) is 2. The SMILES string of the molecule is CC1(C)COC(=O)C(NC(=O)OCC2c3ccccc3-c3ccccc32)CCC=CCC(CC(=O)NC2(CO)CCCC2)C(=O)N1. The van der Waals surface area contributed by atoms with E-state index in [0.29, 0.717) is 12.8 Å². The first-order valence-electron chi connectivity index (χ1n) is 16.3. The molecule has 2 aromatic rings. The number of fused-ring (bicyclic) bond motifs is 3. The van der Waals surface area contributed by atoms with E-state index in [-0.39, 0.29) is 50.4 Å². The van der Waals surface area contributed by atoms with Gasteiger partial charge in [-0.2, -0.15) is 0 Å². The summed E-state index contributed by atoms with van der Waals surface area (Å²) in [5.41, 5.74) is 2.89. The third-order valence-corrected chi connectivity index (χ3v) is 9.24. The summed E-state index contributed by atoms with van der Waals surface area (Å²) in [6.07, 6.45) is 7.27. The molecule has 1 fully saturated rings. The van der Waals surface area contributed by atoms with Crippen LogP contribution >= 0.6 is 0 Å². The molecule has 3 aliphatic rings. The fraction of sp³-hybridized carbons (Fsp3) is 0.500. The normalized spacial score (nSPS) is 22.6. The summed E-state index contributed by atoms with van der Waals surface area (Å²) in [6.45, 7) is 3.34. The molecule has 1 saturated carbocycles. The maximum atomic E-state index is 13.3. The van der Waals surface area contributed by atoms with Gasteiger partial charge >= 0.3 is 12.1 Å². The molecule has 10 heteroatoms. The predicted octanol–water partition coefficient (Wildman–Crippen LogP) is 4.50. The Bertz CT molecular complexity index is 1420. The number of alkyl carbamates (subject to hydrolysis) is 1. The van der Waals surface area contributed by atoms with Crippen molar-refractivity contribution < 1.29 is 33.8 Å². The van der Waals surface area contributed by atoms with E-state index in [9.17, 15) is 24.3 Å². The van der Waals surface area contributed by atoms with Crippen LogP contribution in [0.5, 0.6) is 0 Å². The van der Waals surface area contributed by atoms with Crippen LogP contribution in [0.1, 0.15) is 82.3 Å². The number of hydrogen-bond acceptors (Lipinski definition) is 7. The van der Waals surface area contributed by atoms with E-state index in [1.54, 1.807) is 13.8 Å². The van der Waals surface area contributed by atoms with Crippen molar-refractivity contribution in [2.24, 2.45) is 5.92 Å². The molecule has 1 aliphatic heterocycles. The lowest BCUT2D eigenvalue weighted by Gasteiger charge is -2.30. The minimum absolute atomic E-state index is 0.0280. The summed E-state index contributed by atoms with van der Waals surface area (Å²) < 4.78 is 11.2.